The van der Waals surface area contributed by atoms with Crippen LogP contribution in [0.4, 0.5) is 0 Å². The Labute approximate surface area is 219 Å². The Morgan fingerprint density at radius 1 is 0.892 bits per heavy atom. The van der Waals surface area contributed by atoms with E-state index in [1.165, 1.54) is 12.1 Å². The van der Waals surface area contributed by atoms with Crippen molar-refractivity contribution in [2.24, 2.45) is 0 Å². The van der Waals surface area contributed by atoms with Crippen molar-refractivity contribution in [2.45, 2.75) is 12.5 Å². The number of hydrogen-bond acceptors (Lipinski definition) is 3. The summed E-state index contributed by atoms with van der Waals surface area (Å²) in [5, 5.41) is 10.6. The molecule has 1 heterocycles. The number of aromatic nitrogens is 1. The minimum Gasteiger partial charge on any atom is -0.493 e. The molecule has 0 aliphatic carbocycles. The predicted octanol–water partition coefficient (Wildman–Crippen LogP) is 7.06. The van der Waals surface area contributed by atoms with Crippen LogP contribution in [0.1, 0.15) is 43.6 Å². The molecule has 5 aromatic rings. The number of aldehydes is 1. The summed E-state index contributed by atoms with van der Waals surface area (Å²) in [4.78, 5) is 23.8. The van der Waals surface area contributed by atoms with E-state index in [1.807, 2.05) is 54.6 Å². The minimum absolute atomic E-state index is 0.196. The SMILES string of the molecule is O=Cc1c(CCOc2ccc(C(=O)O)cc2)c2cc(Cl)ccc2n1C(c1ccccc1)c1ccccc1. The van der Waals surface area contributed by atoms with Gasteiger partial charge in [-0.1, -0.05) is 72.3 Å². The van der Waals surface area contributed by atoms with Gasteiger partial charge in [-0.15, -0.1) is 0 Å². The van der Waals surface area contributed by atoms with Crippen LogP contribution in [0.3, 0.4) is 0 Å². The van der Waals surface area contributed by atoms with E-state index in [2.05, 4.69) is 28.8 Å². The van der Waals surface area contributed by atoms with Crippen molar-refractivity contribution in [2.75, 3.05) is 6.61 Å². The van der Waals surface area contributed by atoms with Gasteiger partial charge in [0.25, 0.3) is 0 Å². The summed E-state index contributed by atoms with van der Waals surface area (Å²) < 4.78 is 7.99. The van der Waals surface area contributed by atoms with E-state index in [9.17, 15) is 9.59 Å². The summed E-state index contributed by atoms with van der Waals surface area (Å²) in [6.45, 7) is 0.306. The number of aromatic carboxylic acids is 1. The number of carbonyl (C=O) groups is 2. The molecule has 0 amide bonds. The molecule has 4 aromatic carbocycles. The molecular formula is C31H24ClNO4. The van der Waals surface area contributed by atoms with E-state index in [0.717, 1.165) is 33.9 Å². The molecule has 0 saturated carbocycles. The molecule has 0 bridgehead atoms. The molecule has 0 aliphatic heterocycles. The average molecular weight is 510 g/mol. The fourth-order valence-corrected chi connectivity index (χ4v) is 4.94. The molecule has 37 heavy (non-hydrogen) atoms. The average Bonchev–Trinajstić information content (AvgIpc) is 3.22. The molecule has 0 spiro atoms. The van der Waals surface area contributed by atoms with E-state index in [-0.39, 0.29) is 11.6 Å². The van der Waals surface area contributed by atoms with Gasteiger partial charge < -0.3 is 14.4 Å². The Kier molecular flexibility index (Phi) is 7.06. The molecule has 0 fully saturated rings. The van der Waals surface area contributed by atoms with E-state index in [1.54, 1.807) is 12.1 Å². The van der Waals surface area contributed by atoms with E-state index >= 15 is 0 Å². The van der Waals surface area contributed by atoms with Crippen molar-refractivity contribution in [1.82, 2.24) is 4.57 Å². The monoisotopic (exact) mass is 509 g/mol. The number of carboxylic acid groups (broad SMARTS) is 1. The first kappa shape index (κ1) is 24.3. The second kappa shape index (κ2) is 10.7. The molecule has 0 unspecified atom stereocenters. The Bertz CT molecular complexity index is 1500. The molecule has 0 aliphatic rings. The van der Waals surface area contributed by atoms with Crippen LogP contribution in [-0.2, 0) is 6.42 Å². The van der Waals surface area contributed by atoms with Crippen LogP contribution >= 0.6 is 11.6 Å². The topological polar surface area (TPSA) is 68.5 Å². The zero-order valence-electron chi connectivity index (χ0n) is 19.9. The van der Waals surface area contributed by atoms with Crippen molar-refractivity contribution in [1.29, 1.82) is 0 Å². The van der Waals surface area contributed by atoms with Gasteiger partial charge in [0.2, 0.25) is 0 Å². The maximum Gasteiger partial charge on any atom is 0.335 e. The lowest BCUT2D eigenvalue weighted by Gasteiger charge is -2.23. The largest absolute Gasteiger partial charge is 0.493 e. The van der Waals surface area contributed by atoms with Crippen molar-refractivity contribution < 1.29 is 19.4 Å². The molecule has 0 radical (unpaired) electrons. The van der Waals surface area contributed by atoms with Crippen LogP contribution in [0.2, 0.25) is 5.02 Å². The van der Waals surface area contributed by atoms with Crippen LogP contribution in [0.15, 0.2) is 103 Å². The van der Waals surface area contributed by atoms with Gasteiger partial charge in [0.1, 0.15) is 5.75 Å². The van der Waals surface area contributed by atoms with E-state index < -0.39 is 5.97 Å². The molecule has 0 saturated heterocycles. The molecule has 1 aromatic heterocycles. The summed E-state index contributed by atoms with van der Waals surface area (Å²) in [5.41, 5.74) is 4.65. The van der Waals surface area contributed by atoms with Gasteiger partial charge in [-0.25, -0.2) is 4.79 Å². The lowest BCUT2D eigenvalue weighted by atomic mass is 9.98. The third-order valence-corrected chi connectivity index (χ3v) is 6.67. The van der Waals surface area contributed by atoms with Gasteiger partial charge in [0.05, 0.1) is 23.9 Å². The first-order chi connectivity index (χ1) is 18.1. The molecule has 6 heteroatoms. The first-order valence-corrected chi connectivity index (χ1v) is 12.3. The summed E-state index contributed by atoms with van der Waals surface area (Å²) >= 11 is 6.40. The Morgan fingerprint density at radius 2 is 1.51 bits per heavy atom. The standard InChI is InChI=1S/C31H24ClNO4/c32-24-13-16-28-27(19-24)26(17-18-37-25-14-11-23(12-15-25)31(35)36)29(20-34)33(28)30(21-7-3-1-4-8-21)22-9-5-2-6-10-22/h1-16,19-20,30H,17-18H2,(H,35,36). The molecule has 184 valence electrons. The van der Waals surface area contributed by atoms with E-state index in [0.29, 0.717) is 29.5 Å². The number of halogens is 1. The normalized spacial score (nSPS) is 11.1. The summed E-state index contributed by atoms with van der Waals surface area (Å²) in [7, 11) is 0. The Hall–Kier alpha value is -4.35. The first-order valence-electron chi connectivity index (χ1n) is 11.9. The smallest absolute Gasteiger partial charge is 0.335 e. The summed E-state index contributed by atoms with van der Waals surface area (Å²) in [6, 6.07) is 32.0. The van der Waals surface area contributed by atoms with Crippen molar-refractivity contribution in [3.63, 3.8) is 0 Å². The van der Waals surface area contributed by atoms with Gasteiger partial charge in [-0.3, -0.25) is 4.79 Å². The quantitative estimate of drug-likeness (QED) is 0.216. The fourth-order valence-electron chi connectivity index (χ4n) is 4.77. The molecule has 0 atom stereocenters. The highest BCUT2D eigenvalue weighted by Crippen LogP contribution is 2.36. The number of carboxylic acids is 1. The van der Waals surface area contributed by atoms with E-state index in [4.69, 9.17) is 21.4 Å². The number of fused-ring (bicyclic) bond motifs is 1. The van der Waals surface area contributed by atoms with Gasteiger partial charge in [-0.2, -0.15) is 0 Å². The summed E-state index contributed by atoms with van der Waals surface area (Å²) in [6.07, 6.45) is 1.37. The molecule has 5 nitrogen and oxygen atoms in total. The Balaban J connectivity index is 1.58. The number of hydrogen-bond donors (Lipinski definition) is 1. The van der Waals surface area contributed by atoms with Crippen LogP contribution in [0, 0.1) is 0 Å². The second-order valence-electron chi connectivity index (χ2n) is 8.67. The zero-order valence-corrected chi connectivity index (χ0v) is 20.6. The van der Waals surface area contributed by atoms with Gasteiger partial charge in [0.15, 0.2) is 6.29 Å². The molecule has 1 N–H and O–H groups in total. The lowest BCUT2D eigenvalue weighted by molar-refractivity contribution is 0.0696. The van der Waals surface area contributed by atoms with Gasteiger partial charge >= 0.3 is 5.97 Å². The maximum atomic E-state index is 12.7. The van der Waals surface area contributed by atoms with Crippen LogP contribution < -0.4 is 4.74 Å². The van der Waals surface area contributed by atoms with Gasteiger partial charge in [-0.05, 0) is 59.2 Å². The highest BCUT2D eigenvalue weighted by atomic mass is 35.5. The fraction of sp³-hybridized carbons (Fsp3) is 0.0968. The third-order valence-electron chi connectivity index (χ3n) is 6.43. The highest BCUT2D eigenvalue weighted by Gasteiger charge is 2.25. The van der Waals surface area contributed by atoms with Crippen molar-refractivity contribution in [3.05, 3.63) is 136 Å². The van der Waals surface area contributed by atoms with Crippen LogP contribution in [0.25, 0.3) is 10.9 Å². The highest BCUT2D eigenvalue weighted by molar-refractivity contribution is 6.31. The number of benzene rings is 4. The third kappa shape index (κ3) is 4.99. The molecule has 5 rings (SSSR count). The zero-order chi connectivity index (χ0) is 25.8. The number of nitrogens with zero attached hydrogens (tertiary/aromatic N) is 1. The van der Waals surface area contributed by atoms with Crippen LogP contribution in [-0.4, -0.2) is 28.5 Å². The number of carbonyl (C=O) groups excluding carboxylic acids is 1. The number of rotatable bonds is 9. The predicted molar refractivity (Wildman–Crippen MR) is 145 cm³/mol. The minimum atomic E-state index is -0.988. The summed E-state index contributed by atoms with van der Waals surface area (Å²) in [5.74, 6) is -0.427. The lowest BCUT2D eigenvalue weighted by Crippen LogP contribution is -2.15. The number of ether oxygens (including phenoxy) is 1. The van der Waals surface area contributed by atoms with Crippen molar-refractivity contribution >= 4 is 34.8 Å². The van der Waals surface area contributed by atoms with Crippen molar-refractivity contribution in [3.8, 4) is 5.75 Å². The second-order valence-corrected chi connectivity index (χ2v) is 9.10. The maximum absolute atomic E-state index is 12.7. The van der Waals surface area contributed by atoms with Gasteiger partial charge in [0, 0.05) is 22.3 Å². The molecular weight excluding hydrogens is 486 g/mol. The Morgan fingerprint density at radius 3 is 2.08 bits per heavy atom. The van der Waals surface area contributed by atoms with Crippen LogP contribution in [0.5, 0.6) is 5.75 Å².